The summed E-state index contributed by atoms with van der Waals surface area (Å²) in [6.07, 6.45) is 1.51. The first kappa shape index (κ1) is 21.3. The first-order valence-electron chi connectivity index (χ1n) is 9.13. The Kier molecular flexibility index (Phi) is 7.74. The van der Waals surface area contributed by atoms with Gasteiger partial charge in [-0.1, -0.05) is 11.6 Å². The van der Waals surface area contributed by atoms with Crippen molar-refractivity contribution in [1.29, 1.82) is 0 Å². The predicted octanol–water partition coefficient (Wildman–Crippen LogP) is 2.16. The molecular weight excluding hydrogens is 368 g/mol. The molecule has 1 aliphatic rings. The van der Waals surface area contributed by atoms with Gasteiger partial charge in [0.15, 0.2) is 0 Å². The van der Waals surface area contributed by atoms with Crippen LogP contribution in [0, 0.1) is 0 Å². The molecule has 0 aromatic heterocycles. The fraction of sp³-hybridized carbons (Fsp3) is 0.579. The van der Waals surface area contributed by atoms with Crippen LogP contribution in [0.1, 0.15) is 23.2 Å². The summed E-state index contributed by atoms with van der Waals surface area (Å²) in [6.45, 7) is 2.67. The van der Waals surface area contributed by atoms with Crippen molar-refractivity contribution in [3.8, 4) is 5.75 Å². The average molecular weight is 397 g/mol. The van der Waals surface area contributed by atoms with Gasteiger partial charge in [0.2, 0.25) is 0 Å². The third-order valence-electron chi connectivity index (χ3n) is 4.43. The SMILES string of the molecule is CN(C)CCNC(=O)c1ccc(OC2CCN(C(=O)N(C)C)CC2)c(Cl)c1. The fourth-order valence-electron chi connectivity index (χ4n) is 2.86. The summed E-state index contributed by atoms with van der Waals surface area (Å²) in [7, 11) is 7.41. The van der Waals surface area contributed by atoms with Crippen molar-refractivity contribution in [3.63, 3.8) is 0 Å². The average Bonchev–Trinajstić information content (AvgIpc) is 2.63. The van der Waals surface area contributed by atoms with Crippen molar-refractivity contribution in [2.45, 2.75) is 18.9 Å². The summed E-state index contributed by atoms with van der Waals surface area (Å²) in [4.78, 5) is 29.6. The van der Waals surface area contributed by atoms with Crippen molar-refractivity contribution in [1.82, 2.24) is 20.0 Å². The normalized spacial score (nSPS) is 15.0. The van der Waals surface area contributed by atoms with E-state index < -0.39 is 0 Å². The number of nitrogens with one attached hydrogen (secondary N) is 1. The summed E-state index contributed by atoms with van der Waals surface area (Å²) in [6, 6.07) is 5.11. The van der Waals surface area contributed by atoms with Gasteiger partial charge in [0.25, 0.3) is 5.91 Å². The number of benzene rings is 1. The fourth-order valence-corrected chi connectivity index (χ4v) is 3.09. The van der Waals surface area contributed by atoms with Gasteiger partial charge in [0.1, 0.15) is 11.9 Å². The van der Waals surface area contributed by atoms with E-state index in [0.717, 1.165) is 19.4 Å². The number of urea groups is 1. The molecule has 0 saturated carbocycles. The second kappa shape index (κ2) is 9.80. The number of likely N-dealkylation sites (tertiary alicyclic amines) is 1. The quantitative estimate of drug-likeness (QED) is 0.800. The summed E-state index contributed by atoms with van der Waals surface area (Å²) < 4.78 is 6.00. The van der Waals surface area contributed by atoms with E-state index in [-0.39, 0.29) is 18.0 Å². The van der Waals surface area contributed by atoms with E-state index in [2.05, 4.69) is 5.32 Å². The first-order valence-corrected chi connectivity index (χ1v) is 9.51. The van der Waals surface area contributed by atoms with Gasteiger partial charge in [0, 0.05) is 58.7 Å². The highest BCUT2D eigenvalue weighted by atomic mass is 35.5. The molecule has 7 nitrogen and oxygen atoms in total. The number of amides is 3. The summed E-state index contributed by atoms with van der Waals surface area (Å²) in [5, 5.41) is 3.28. The van der Waals surface area contributed by atoms with Crippen LogP contribution < -0.4 is 10.1 Å². The largest absolute Gasteiger partial charge is 0.489 e. The van der Waals surface area contributed by atoms with E-state index in [0.29, 0.717) is 36.0 Å². The number of carbonyl (C=O) groups excluding carboxylic acids is 2. The molecule has 1 heterocycles. The van der Waals surface area contributed by atoms with E-state index in [4.69, 9.17) is 16.3 Å². The number of ether oxygens (including phenoxy) is 1. The molecule has 0 aliphatic carbocycles. The highest BCUT2D eigenvalue weighted by molar-refractivity contribution is 6.32. The predicted molar refractivity (Wildman–Crippen MR) is 107 cm³/mol. The van der Waals surface area contributed by atoms with Gasteiger partial charge >= 0.3 is 6.03 Å². The van der Waals surface area contributed by atoms with E-state index in [9.17, 15) is 9.59 Å². The highest BCUT2D eigenvalue weighted by Crippen LogP contribution is 2.28. The number of nitrogens with zero attached hydrogens (tertiary/aromatic N) is 3. The highest BCUT2D eigenvalue weighted by Gasteiger charge is 2.25. The van der Waals surface area contributed by atoms with Gasteiger partial charge in [-0.05, 0) is 32.3 Å². The van der Waals surface area contributed by atoms with Gasteiger partial charge in [-0.3, -0.25) is 4.79 Å². The third-order valence-corrected chi connectivity index (χ3v) is 4.72. The smallest absolute Gasteiger partial charge is 0.319 e. The van der Waals surface area contributed by atoms with Crippen LogP contribution in [-0.4, -0.2) is 87.1 Å². The Hall–Kier alpha value is -1.99. The Balaban J connectivity index is 1.87. The monoisotopic (exact) mass is 396 g/mol. The standard InChI is InChI=1S/C19H29ClN4O3/c1-22(2)12-9-21-18(25)14-5-6-17(16(20)13-14)27-15-7-10-24(11-8-15)19(26)23(3)4/h5-6,13,15H,7-12H2,1-4H3,(H,21,25). The molecule has 3 amide bonds. The molecule has 1 N–H and O–H groups in total. The van der Waals surface area contributed by atoms with Crippen molar-refractivity contribution in [3.05, 3.63) is 28.8 Å². The van der Waals surface area contributed by atoms with Crippen LogP contribution in [0.15, 0.2) is 18.2 Å². The molecule has 1 fully saturated rings. The van der Waals surface area contributed by atoms with Crippen LogP contribution >= 0.6 is 11.6 Å². The lowest BCUT2D eigenvalue weighted by molar-refractivity contribution is 0.0951. The zero-order valence-corrected chi connectivity index (χ0v) is 17.3. The van der Waals surface area contributed by atoms with Crippen LogP contribution in [0.3, 0.4) is 0 Å². The lowest BCUT2D eigenvalue weighted by Crippen LogP contribution is -2.46. The molecule has 0 atom stereocenters. The molecule has 0 unspecified atom stereocenters. The molecule has 8 heteroatoms. The van der Waals surface area contributed by atoms with Crippen molar-refractivity contribution >= 4 is 23.5 Å². The minimum absolute atomic E-state index is 0.00785. The van der Waals surface area contributed by atoms with Crippen molar-refractivity contribution in [2.24, 2.45) is 0 Å². The molecule has 1 aromatic carbocycles. The van der Waals surface area contributed by atoms with Gasteiger partial charge < -0.3 is 24.8 Å². The minimum Gasteiger partial charge on any atom is -0.489 e. The van der Waals surface area contributed by atoms with Gasteiger partial charge in [-0.2, -0.15) is 0 Å². The summed E-state index contributed by atoms with van der Waals surface area (Å²) in [5.41, 5.74) is 0.512. The maximum atomic E-state index is 12.2. The Morgan fingerprint density at radius 2 is 1.89 bits per heavy atom. The van der Waals surface area contributed by atoms with Crippen LogP contribution in [0.25, 0.3) is 0 Å². The molecule has 1 aromatic rings. The lowest BCUT2D eigenvalue weighted by Gasteiger charge is -2.33. The number of rotatable bonds is 6. The summed E-state index contributed by atoms with van der Waals surface area (Å²) >= 11 is 6.31. The van der Waals surface area contributed by atoms with Crippen LogP contribution in [0.2, 0.25) is 5.02 Å². The molecule has 2 rings (SSSR count). The topological polar surface area (TPSA) is 65.1 Å². The number of piperidine rings is 1. The lowest BCUT2D eigenvalue weighted by atomic mass is 10.1. The molecule has 1 aliphatic heterocycles. The van der Waals surface area contributed by atoms with Gasteiger partial charge in [-0.25, -0.2) is 4.79 Å². The second-order valence-electron chi connectivity index (χ2n) is 7.19. The molecule has 150 valence electrons. The zero-order chi connectivity index (χ0) is 20.0. The maximum Gasteiger partial charge on any atom is 0.319 e. The molecule has 1 saturated heterocycles. The van der Waals surface area contributed by atoms with Crippen LogP contribution in [0.4, 0.5) is 4.79 Å². The van der Waals surface area contributed by atoms with Crippen molar-refractivity contribution in [2.75, 3.05) is 54.4 Å². The van der Waals surface area contributed by atoms with Gasteiger partial charge in [0.05, 0.1) is 5.02 Å². The minimum atomic E-state index is -0.152. The molecule has 27 heavy (non-hydrogen) atoms. The number of hydrogen-bond acceptors (Lipinski definition) is 4. The van der Waals surface area contributed by atoms with E-state index in [1.165, 1.54) is 0 Å². The Morgan fingerprint density at radius 3 is 2.44 bits per heavy atom. The van der Waals surface area contributed by atoms with Crippen LogP contribution in [0.5, 0.6) is 5.75 Å². The number of halogens is 1. The van der Waals surface area contributed by atoms with E-state index >= 15 is 0 Å². The maximum absolute atomic E-state index is 12.2. The van der Waals surface area contributed by atoms with E-state index in [1.807, 2.05) is 23.9 Å². The molecule has 0 bridgehead atoms. The first-order chi connectivity index (χ1) is 12.8. The Labute approximate surface area is 166 Å². The number of likely N-dealkylation sites (N-methyl/N-ethyl adjacent to an activating group) is 1. The Bertz CT molecular complexity index is 658. The van der Waals surface area contributed by atoms with Gasteiger partial charge in [-0.15, -0.1) is 0 Å². The summed E-state index contributed by atoms with van der Waals surface area (Å²) in [5.74, 6) is 0.416. The van der Waals surface area contributed by atoms with Crippen LogP contribution in [-0.2, 0) is 0 Å². The molecule has 0 spiro atoms. The van der Waals surface area contributed by atoms with E-state index in [1.54, 1.807) is 37.2 Å². The number of carbonyl (C=O) groups is 2. The third kappa shape index (κ3) is 6.29. The Morgan fingerprint density at radius 1 is 1.22 bits per heavy atom. The number of hydrogen-bond donors (Lipinski definition) is 1. The zero-order valence-electron chi connectivity index (χ0n) is 16.5. The van der Waals surface area contributed by atoms with Crippen molar-refractivity contribution < 1.29 is 14.3 Å². The second-order valence-corrected chi connectivity index (χ2v) is 7.59. The molecule has 0 radical (unpaired) electrons. The molecular formula is C19H29ClN4O3.